The molecule has 1 fully saturated rings. The zero-order valence-electron chi connectivity index (χ0n) is 19.1. The molecule has 7 nitrogen and oxygen atoms in total. The average molecular weight is 440 g/mol. The number of carbonyl (C=O) groups excluding carboxylic acids is 1. The predicted molar refractivity (Wildman–Crippen MR) is 123 cm³/mol. The molecule has 3 aromatic rings. The van der Waals surface area contributed by atoms with E-state index in [2.05, 4.69) is 29.0 Å². The molecule has 4 rings (SSSR count). The van der Waals surface area contributed by atoms with Crippen LogP contribution in [0, 0.1) is 5.82 Å². The molecule has 170 valence electrons. The van der Waals surface area contributed by atoms with Crippen molar-refractivity contribution >= 4 is 22.8 Å². The van der Waals surface area contributed by atoms with Crippen molar-refractivity contribution < 1.29 is 13.9 Å². The Morgan fingerprint density at radius 1 is 1.22 bits per heavy atom. The molecule has 1 N–H and O–H groups in total. The van der Waals surface area contributed by atoms with E-state index in [0.29, 0.717) is 43.2 Å². The summed E-state index contributed by atoms with van der Waals surface area (Å²) in [5.41, 5.74) is 1.56. The van der Waals surface area contributed by atoms with E-state index in [4.69, 9.17) is 9.72 Å². The van der Waals surface area contributed by atoms with Crippen LogP contribution in [0.25, 0.3) is 22.4 Å². The van der Waals surface area contributed by atoms with Gasteiger partial charge in [-0.1, -0.05) is 0 Å². The first-order chi connectivity index (χ1) is 15.5. The molecular weight excluding hydrogens is 409 g/mol. The molecule has 1 aliphatic rings. The number of nitrogens with one attached hydrogen (secondary N) is 1. The molecule has 1 amide bonds. The van der Waals surface area contributed by atoms with Crippen LogP contribution >= 0.6 is 0 Å². The van der Waals surface area contributed by atoms with E-state index >= 15 is 4.39 Å². The minimum atomic E-state index is -0.623. The summed E-state index contributed by atoms with van der Waals surface area (Å²) in [4.78, 5) is 23.7. The molecule has 8 heteroatoms. The Bertz CT molecular complexity index is 1100. The second-order valence-electron chi connectivity index (χ2n) is 8.25. The molecule has 0 aliphatic carbocycles. The maximum absolute atomic E-state index is 15.2. The monoisotopic (exact) mass is 439 g/mol. The van der Waals surface area contributed by atoms with Gasteiger partial charge in [-0.15, -0.1) is 0 Å². The van der Waals surface area contributed by atoms with Gasteiger partial charge >= 0.3 is 0 Å². The lowest BCUT2D eigenvalue weighted by Gasteiger charge is -2.27. The highest BCUT2D eigenvalue weighted by Crippen LogP contribution is 2.31. The Kier molecular flexibility index (Phi) is 6.41. The molecule has 2 aromatic heterocycles. The SMILES string of the molecule is CCOCCn1c(-c2ccc(N3[C@@H](C)CC[C@@H]3C)nc2)nc2c(F)c(C(=O)NC)ccc21. The Morgan fingerprint density at radius 2 is 1.97 bits per heavy atom. The number of hydrogen-bond donors (Lipinski definition) is 1. The third kappa shape index (κ3) is 3.95. The third-order valence-corrected chi connectivity index (χ3v) is 6.22. The molecule has 1 aliphatic heterocycles. The number of aromatic nitrogens is 3. The maximum atomic E-state index is 15.2. The highest BCUT2D eigenvalue weighted by Gasteiger charge is 2.28. The molecule has 32 heavy (non-hydrogen) atoms. The molecule has 2 atom stereocenters. The summed E-state index contributed by atoms with van der Waals surface area (Å²) in [5, 5.41) is 2.47. The first-order valence-electron chi connectivity index (χ1n) is 11.2. The number of carbonyl (C=O) groups is 1. The van der Waals surface area contributed by atoms with E-state index in [1.54, 1.807) is 12.3 Å². The Balaban J connectivity index is 1.77. The Labute approximate surface area is 187 Å². The molecule has 0 spiro atoms. The first-order valence-corrected chi connectivity index (χ1v) is 11.2. The van der Waals surface area contributed by atoms with E-state index in [9.17, 15) is 4.79 Å². The van der Waals surface area contributed by atoms with Gasteiger partial charge in [0.05, 0.1) is 17.7 Å². The number of halogens is 1. The van der Waals surface area contributed by atoms with Gasteiger partial charge in [-0.3, -0.25) is 4.79 Å². The van der Waals surface area contributed by atoms with Crippen molar-refractivity contribution in [2.75, 3.05) is 25.2 Å². The molecule has 3 heterocycles. The van der Waals surface area contributed by atoms with Gasteiger partial charge in [-0.25, -0.2) is 14.4 Å². The van der Waals surface area contributed by atoms with E-state index in [-0.39, 0.29) is 11.1 Å². The minimum Gasteiger partial charge on any atom is -0.380 e. The van der Waals surface area contributed by atoms with Gasteiger partial charge in [-0.2, -0.15) is 0 Å². The number of imidazole rings is 1. The molecule has 0 unspecified atom stereocenters. The van der Waals surface area contributed by atoms with Crippen molar-refractivity contribution in [3.8, 4) is 11.4 Å². The van der Waals surface area contributed by atoms with Crippen LogP contribution in [0.5, 0.6) is 0 Å². The van der Waals surface area contributed by atoms with E-state index in [1.165, 1.54) is 13.1 Å². The second kappa shape index (κ2) is 9.24. The number of pyridine rings is 1. The minimum absolute atomic E-state index is 0.0218. The summed E-state index contributed by atoms with van der Waals surface area (Å²) in [7, 11) is 1.48. The number of anilines is 1. The fourth-order valence-corrected chi connectivity index (χ4v) is 4.53. The number of fused-ring (bicyclic) bond motifs is 1. The van der Waals surface area contributed by atoms with Crippen molar-refractivity contribution in [1.82, 2.24) is 19.9 Å². The first kappa shape index (κ1) is 22.2. The summed E-state index contributed by atoms with van der Waals surface area (Å²) in [6.07, 6.45) is 4.11. The number of rotatable bonds is 7. The summed E-state index contributed by atoms with van der Waals surface area (Å²) in [6.45, 7) is 7.96. The topological polar surface area (TPSA) is 72.3 Å². The summed E-state index contributed by atoms with van der Waals surface area (Å²) in [6, 6.07) is 8.13. The molecule has 1 aromatic carbocycles. The van der Waals surface area contributed by atoms with Gasteiger partial charge in [0, 0.05) is 44.0 Å². The smallest absolute Gasteiger partial charge is 0.254 e. The molecule has 0 radical (unpaired) electrons. The molecule has 0 bridgehead atoms. The average Bonchev–Trinajstić information content (AvgIpc) is 3.34. The predicted octanol–water partition coefficient (Wildman–Crippen LogP) is 4.01. The van der Waals surface area contributed by atoms with Gasteiger partial charge in [-0.05, 0) is 57.9 Å². The number of amides is 1. The lowest BCUT2D eigenvalue weighted by atomic mass is 10.1. The summed E-state index contributed by atoms with van der Waals surface area (Å²) >= 11 is 0. The molecule has 0 saturated carbocycles. The number of ether oxygens (including phenoxy) is 1. The standard InChI is InChI=1S/C24H30FN5O2/c1-5-32-13-12-29-19-10-9-18(24(31)26-4)21(25)22(19)28-23(29)17-8-11-20(27-14-17)30-15(2)6-7-16(30)3/h8-11,14-16H,5-7,12-13H2,1-4H3,(H,26,31)/t15-,16-/m0/s1. The van der Waals surface area contributed by atoms with Crippen molar-refractivity contribution in [3.63, 3.8) is 0 Å². The van der Waals surface area contributed by atoms with E-state index in [0.717, 1.165) is 24.2 Å². The maximum Gasteiger partial charge on any atom is 0.254 e. The largest absolute Gasteiger partial charge is 0.380 e. The normalized spacial score (nSPS) is 18.5. The zero-order chi connectivity index (χ0) is 22.8. The van der Waals surface area contributed by atoms with Gasteiger partial charge in [0.1, 0.15) is 17.2 Å². The Morgan fingerprint density at radius 3 is 2.59 bits per heavy atom. The van der Waals surface area contributed by atoms with Gasteiger partial charge in [0.2, 0.25) is 0 Å². The van der Waals surface area contributed by atoms with E-state index < -0.39 is 11.7 Å². The van der Waals surface area contributed by atoms with Crippen LogP contribution in [-0.4, -0.2) is 52.8 Å². The van der Waals surface area contributed by atoms with Crippen LogP contribution in [0.3, 0.4) is 0 Å². The highest BCUT2D eigenvalue weighted by molar-refractivity contribution is 5.98. The summed E-state index contributed by atoms with van der Waals surface area (Å²) in [5.74, 6) is 0.447. The lowest BCUT2D eigenvalue weighted by Crippen LogP contribution is -2.33. The fraction of sp³-hybridized carbons (Fsp3) is 0.458. The fourth-order valence-electron chi connectivity index (χ4n) is 4.53. The van der Waals surface area contributed by atoms with Gasteiger partial charge in [0.15, 0.2) is 5.82 Å². The van der Waals surface area contributed by atoms with Gasteiger partial charge in [0.25, 0.3) is 5.91 Å². The van der Waals surface area contributed by atoms with Crippen LogP contribution in [0.15, 0.2) is 30.5 Å². The third-order valence-electron chi connectivity index (χ3n) is 6.22. The van der Waals surface area contributed by atoms with Crippen LogP contribution in [0.2, 0.25) is 0 Å². The van der Waals surface area contributed by atoms with Crippen molar-refractivity contribution in [2.45, 2.75) is 52.2 Å². The van der Waals surface area contributed by atoms with Crippen LogP contribution in [-0.2, 0) is 11.3 Å². The molecule has 1 saturated heterocycles. The van der Waals surface area contributed by atoms with Crippen LogP contribution in [0.4, 0.5) is 10.2 Å². The van der Waals surface area contributed by atoms with Crippen LogP contribution < -0.4 is 10.2 Å². The number of hydrogen-bond acceptors (Lipinski definition) is 5. The number of nitrogens with zero attached hydrogens (tertiary/aromatic N) is 4. The van der Waals surface area contributed by atoms with Gasteiger partial charge < -0.3 is 19.5 Å². The van der Waals surface area contributed by atoms with Crippen molar-refractivity contribution in [1.29, 1.82) is 0 Å². The number of benzene rings is 1. The second-order valence-corrected chi connectivity index (χ2v) is 8.25. The zero-order valence-corrected chi connectivity index (χ0v) is 19.1. The Hall–Kier alpha value is -3.00. The highest BCUT2D eigenvalue weighted by atomic mass is 19.1. The van der Waals surface area contributed by atoms with Crippen molar-refractivity contribution in [3.05, 3.63) is 41.8 Å². The molecular formula is C24H30FN5O2. The van der Waals surface area contributed by atoms with Crippen LogP contribution in [0.1, 0.15) is 44.0 Å². The summed E-state index contributed by atoms with van der Waals surface area (Å²) < 4.78 is 22.6. The van der Waals surface area contributed by atoms with Crippen molar-refractivity contribution in [2.24, 2.45) is 0 Å². The van der Waals surface area contributed by atoms with E-state index in [1.807, 2.05) is 23.6 Å². The quantitative estimate of drug-likeness (QED) is 0.563. The lowest BCUT2D eigenvalue weighted by molar-refractivity contribution is 0.0959.